The average molecular weight is 503 g/mol. The van der Waals surface area contributed by atoms with E-state index in [4.69, 9.17) is 14.0 Å². The Morgan fingerprint density at radius 2 is 1.97 bits per heavy atom. The van der Waals surface area contributed by atoms with E-state index in [1.807, 2.05) is 17.7 Å². The van der Waals surface area contributed by atoms with Crippen molar-refractivity contribution >= 4 is 28.2 Å². The van der Waals surface area contributed by atoms with Crippen LogP contribution in [0.25, 0.3) is 22.3 Å². The van der Waals surface area contributed by atoms with Crippen molar-refractivity contribution in [2.24, 2.45) is 7.05 Å². The molecule has 0 unspecified atom stereocenters. The highest BCUT2D eigenvalue weighted by molar-refractivity contribution is 5.94. The third-order valence-electron chi connectivity index (χ3n) is 7.03. The number of pyridine rings is 2. The van der Waals surface area contributed by atoms with E-state index in [2.05, 4.69) is 22.0 Å². The van der Waals surface area contributed by atoms with E-state index >= 15 is 0 Å². The second-order valence-electron chi connectivity index (χ2n) is 9.27. The van der Waals surface area contributed by atoms with Crippen LogP contribution in [0, 0.1) is 6.92 Å². The summed E-state index contributed by atoms with van der Waals surface area (Å²) in [6, 6.07) is 12.0. The van der Waals surface area contributed by atoms with Crippen LogP contribution >= 0.6 is 0 Å². The number of hydrogen-bond acceptors (Lipinski definition) is 5. The number of rotatable bonds is 5. The number of anilines is 1. The molecule has 0 spiro atoms. The van der Waals surface area contributed by atoms with E-state index in [9.17, 15) is 9.59 Å². The van der Waals surface area contributed by atoms with Crippen LogP contribution in [0.4, 0.5) is 5.69 Å². The number of carbonyl (C=O) groups excluding carboxylic acids is 1. The summed E-state index contributed by atoms with van der Waals surface area (Å²) in [4.78, 5) is 32.5. The van der Waals surface area contributed by atoms with E-state index in [0.29, 0.717) is 24.3 Å². The van der Waals surface area contributed by atoms with Crippen molar-refractivity contribution in [2.75, 3.05) is 32.8 Å². The van der Waals surface area contributed by atoms with Crippen molar-refractivity contribution in [1.82, 2.24) is 23.9 Å². The molecule has 8 nitrogen and oxygen atoms in total. The van der Waals surface area contributed by atoms with Gasteiger partial charge in [-0.2, -0.15) is 0 Å². The molecule has 37 heavy (non-hydrogen) atoms. The maximum atomic E-state index is 12.9. The molecule has 0 aliphatic carbocycles. The van der Waals surface area contributed by atoms with Gasteiger partial charge in [-0.1, -0.05) is 18.2 Å². The minimum atomic E-state index is -3.09. The van der Waals surface area contributed by atoms with Gasteiger partial charge in [-0.25, -0.2) is 4.98 Å². The Morgan fingerprint density at radius 1 is 1.19 bits per heavy atom. The number of nitrogens with zero attached hydrogens (tertiary/aromatic N) is 5. The Labute approximate surface area is 224 Å². The van der Waals surface area contributed by atoms with Crippen molar-refractivity contribution in [1.29, 1.82) is 0 Å². The summed E-state index contributed by atoms with van der Waals surface area (Å²) in [5, 5.41) is 0.865. The molecule has 0 bridgehead atoms. The van der Waals surface area contributed by atoms with Crippen LogP contribution in [-0.2, 0) is 13.6 Å². The van der Waals surface area contributed by atoms with Gasteiger partial charge in [-0.15, -0.1) is 0 Å². The molecule has 8 heteroatoms. The SMILES string of the molecule is [2H]C([2H])([2H])N(C(=O)c1ccc(C2=CCN(Cc3cc4c(-n5ccc(N)c(C)c5=O)ccnc4n3C)CC2)cc1)C([2H])([2H])[2H]. The number of aromatic nitrogens is 3. The topological polar surface area (TPSA) is 89.4 Å². The lowest BCUT2D eigenvalue weighted by atomic mass is 9.98. The molecule has 2 N–H and O–H groups in total. The van der Waals surface area contributed by atoms with Gasteiger partial charge in [0.25, 0.3) is 11.5 Å². The smallest absolute Gasteiger partial charge is 0.260 e. The van der Waals surface area contributed by atoms with Crippen LogP contribution in [0.1, 0.15) is 41.8 Å². The molecule has 0 atom stereocenters. The van der Waals surface area contributed by atoms with E-state index in [-0.39, 0.29) is 16.0 Å². The molecule has 5 rings (SSSR count). The molecule has 3 aromatic heterocycles. The van der Waals surface area contributed by atoms with Crippen molar-refractivity contribution in [2.45, 2.75) is 19.9 Å². The number of carbonyl (C=O) groups is 1. The standard InChI is InChI=1S/C29H32N6O2/c1-19-25(30)12-16-35(28(19)36)26-9-13-31-27-24(26)17-23(33(27)4)18-34-14-10-21(11-15-34)20-5-7-22(8-6-20)29(37)32(2)3/h5-10,12-13,16-17H,11,14-15,18,30H2,1-4H3/i2D3,3D3. The Bertz CT molecular complexity index is 1770. The van der Waals surface area contributed by atoms with Gasteiger partial charge in [0.05, 0.1) is 5.69 Å². The number of hydrogen-bond donors (Lipinski definition) is 1. The number of fused-ring (bicyclic) bond motifs is 1. The lowest BCUT2D eigenvalue weighted by Crippen LogP contribution is -2.28. The fourth-order valence-corrected chi connectivity index (χ4v) is 4.76. The van der Waals surface area contributed by atoms with Crippen LogP contribution in [0.2, 0.25) is 0 Å². The van der Waals surface area contributed by atoms with Crippen LogP contribution in [-0.4, -0.2) is 56.9 Å². The maximum absolute atomic E-state index is 12.9. The van der Waals surface area contributed by atoms with Gasteiger partial charge in [0.15, 0.2) is 0 Å². The first kappa shape index (κ1) is 18.1. The number of benzene rings is 1. The van der Waals surface area contributed by atoms with E-state index in [1.165, 1.54) is 12.1 Å². The summed E-state index contributed by atoms with van der Waals surface area (Å²) in [6.45, 7) is -2.35. The quantitative estimate of drug-likeness (QED) is 0.450. The van der Waals surface area contributed by atoms with E-state index in [0.717, 1.165) is 46.5 Å². The third-order valence-corrected chi connectivity index (χ3v) is 7.03. The zero-order chi connectivity index (χ0) is 31.3. The molecular formula is C29H32N6O2. The summed E-state index contributed by atoms with van der Waals surface area (Å²) < 4.78 is 48.5. The Morgan fingerprint density at radius 3 is 2.68 bits per heavy atom. The molecule has 190 valence electrons. The van der Waals surface area contributed by atoms with Gasteiger partial charge in [-0.05, 0) is 54.8 Å². The van der Waals surface area contributed by atoms with Gasteiger partial charge in [-0.3, -0.25) is 19.1 Å². The third kappa shape index (κ3) is 4.56. The molecule has 0 saturated carbocycles. The fourth-order valence-electron chi connectivity index (χ4n) is 4.76. The summed E-state index contributed by atoms with van der Waals surface area (Å²) in [6.07, 6.45) is 6.23. The molecule has 0 fully saturated rings. The minimum Gasteiger partial charge on any atom is -0.398 e. The lowest BCUT2D eigenvalue weighted by molar-refractivity contribution is 0.0827. The Hall–Kier alpha value is -4.17. The van der Waals surface area contributed by atoms with Gasteiger partial charge in [0, 0.05) is 89.1 Å². The normalized spacial score (nSPS) is 17.2. The van der Waals surface area contributed by atoms with Crippen molar-refractivity contribution in [3.63, 3.8) is 0 Å². The highest BCUT2D eigenvalue weighted by Gasteiger charge is 2.18. The summed E-state index contributed by atoms with van der Waals surface area (Å²) >= 11 is 0. The first-order valence-electron chi connectivity index (χ1n) is 14.9. The number of nitrogens with two attached hydrogens (primary N) is 1. The second-order valence-corrected chi connectivity index (χ2v) is 9.27. The molecule has 1 aliphatic rings. The fraction of sp³-hybridized carbons (Fsp3) is 0.276. The van der Waals surface area contributed by atoms with Crippen LogP contribution in [0.5, 0.6) is 0 Å². The largest absolute Gasteiger partial charge is 0.398 e. The van der Waals surface area contributed by atoms with Crippen LogP contribution < -0.4 is 11.3 Å². The number of aryl methyl sites for hydroxylation is 1. The van der Waals surface area contributed by atoms with Crippen molar-refractivity contribution in [3.05, 3.63) is 93.7 Å². The molecular weight excluding hydrogens is 464 g/mol. The zero-order valence-corrected chi connectivity index (χ0v) is 20.7. The second kappa shape index (κ2) is 9.71. The predicted octanol–water partition coefficient (Wildman–Crippen LogP) is 3.61. The van der Waals surface area contributed by atoms with Gasteiger partial charge < -0.3 is 15.2 Å². The van der Waals surface area contributed by atoms with Crippen molar-refractivity contribution in [3.8, 4) is 5.69 Å². The van der Waals surface area contributed by atoms with E-state index in [1.54, 1.807) is 42.1 Å². The first-order valence-corrected chi connectivity index (χ1v) is 11.9. The first-order chi connectivity index (χ1) is 20.2. The van der Waals surface area contributed by atoms with Crippen LogP contribution in [0.15, 0.2) is 65.7 Å². The highest BCUT2D eigenvalue weighted by atomic mass is 16.2. The number of nitrogen functional groups attached to an aromatic ring is 1. The highest BCUT2D eigenvalue weighted by Crippen LogP contribution is 2.27. The summed E-state index contributed by atoms with van der Waals surface area (Å²) in [5.41, 5.74) is 11.2. The predicted molar refractivity (Wildman–Crippen MR) is 148 cm³/mol. The Kier molecular flexibility index (Phi) is 4.76. The summed E-state index contributed by atoms with van der Waals surface area (Å²) in [7, 11) is 1.96. The maximum Gasteiger partial charge on any atom is 0.260 e. The van der Waals surface area contributed by atoms with Gasteiger partial charge >= 0.3 is 0 Å². The number of amides is 1. The van der Waals surface area contributed by atoms with Crippen LogP contribution in [0.3, 0.4) is 0 Å². The summed E-state index contributed by atoms with van der Waals surface area (Å²) in [5.74, 6) is -1.07. The van der Waals surface area contributed by atoms with E-state index < -0.39 is 19.9 Å². The molecule has 1 amide bonds. The molecule has 0 radical (unpaired) electrons. The average Bonchev–Trinajstić information content (AvgIpc) is 3.26. The zero-order valence-electron chi connectivity index (χ0n) is 26.7. The van der Waals surface area contributed by atoms with Crippen molar-refractivity contribution < 1.29 is 13.0 Å². The minimum absolute atomic E-state index is 0.00539. The monoisotopic (exact) mass is 502 g/mol. The molecule has 1 aromatic carbocycles. The molecule has 0 saturated heterocycles. The molecule has 1 aliphatic heterocycles. The lowest BCUT2D eigenvalue weighted by Gasteiger charge is -2.26. The Balaban J connectivity index is 1.32. The molecule has 4 heterocycles. The van der Waals surface area contributed by atoms with Gasteiger partial charge in [0.2, 0.25) is 0 Å². The molecule has 4 aromatic rings. The van der Waals surface area contributed by atoms with Gasteiger partial charge in [0.1, 0.15) is 5.65 Å².